The number of benzene rings is 7. The Balaban J connectivity index is 1.18. The van der Waals surface area contributed by atoms with Crippen molar-refractivity contribution in [3.63, 3.8) is 0 Å². The van der Waals surface area contributed by atoms with Gasteiger partial charge in [-0.05, 0) is 132 Å². The Bertz CT molecular complexity index is 2350. The minimum Gasteiger partial charge on any atom is -0.309 e. The first-order valence-corrected chi connectivity index (χ1v) is 19.0. The van der Waals surface area contributed by atoms with Crippen LogP contribution in [0.1, 0.15) is 36.8 Å². The average Bonchev–Trinajstić information content (AvgIpc) is 3.86. The number of para-hydroxylation sites is 2. The lowest BCUT2D eigenvalue weighted by molar-refractivity contribution is 0.400. The van der Waals surface area contributed by atoms with Crippen LogP contribution in [0.2, 0.25) is 5.02 Å². The third kappa shape index (κ3) is 4.78. The van der Waals surface area contributed by atoms with Gasteiger partial charge in [-0.1, -0.05) is 127 Å². The SMILES string of the molecule is Clc1c(N(c2ccccc2)c2ccccc2)cccc1N(c1cccc(-c2ccccc2)c1)c1ccc2c(c1)-c1ccccc1C21C2CCC1CC2. The van der Waals surface area contributed by atoms with Crippen molar-refractivity contribution in [3.05, 3.63) is 192 Å². The zero-order chi connectivity index (χ0) is 34.6. The molecule has 252 valence electrons. The van der Waals surface area contributed by atoms with Gasteiger partial charge in [0.15, 0.2) is 0 Å². The van der Waals surface area contributed by atoms with Gasteiger partial charge in [0.05, 0.1) is 16.4 Å². The zero-order valence-electron chi connectivity index (χ0n) is 29.0. The van der Waals surface area contributed by atoms with Crippen molar-refractivity contribution in [1.82, 2.24) is 0 Å². The minimum atomic E-state index is 0.145. The third-order valence-corrected chi connectivity index (χ3v) is 12.5. The molecule has 2 nitrogen and oxygen atoms in total. The Labute approximate surface area is 311 Å². The molecule has 0 unspecified atom stereocenters. The predicted molar refractivity (Wildman–Crippen MR) is 218 cm³/mol. The standard InChI is InChI=1S/C49H39ClN2/c50-48-46(51(38-17-6-2-7-18-38)39-19-8-3-9-20-39)24-13-25-47(48)52(40-21-12-16-35(32-40)34-14-4-1-5-15-34)41-30-31-45-43(33-41)42-22-10-11-23-44(42)49(45)36-26-27-37(49)29-28-36/h1-25,30-33,36-37H,26-29H2. The van der Waals surface area contributed by atoms with Crippen molar-refractivity contribution in [2.24, 2.45) is 11.8 Å². The molecule has 3 aliphatic rings. The van der Waals surface area contributed by atoms with E-state index in [9.17, 15) is 0 Å². The fourth-order valence-electron chi connectivity index (χ4n) is 10.0. The van der Waals surface area contributed by atoms with Crippen molar-refractivity contribution in [1.29, 1.82) is 0 Å². The maximum absolute atomic E-state index is 7.71. The highest BCUT2D eigenvalue weighted by molar-refractivity contribution is 6.36. The molecule has 7 aromatic rings. The predicted octanol–water partition coefficient (Wildman–Crippen LogP) is 14.0. The third-order valence-electron chi connectivity index (χ3n) is 12.1. The van der Waals surface area contributed by atoms with Gasteiger partial charge in [0, 0.05) is 28.2 Å². The van der Waals surface area contributed by atoms with Crippen LogP contribution >= 0.6 is 11.6 Å². The summed E-state index contributed by atoms with van der Waals surface area (Å²) in [6.45, 7) is 0. The smallest absolute Gasteiger partial charge is 0.0887 e. The monoisotopic (exact) mass is 690 g/mol. The summed E-state index contributed by atoms with van der Waals surface area (Å²) in [6.07, 6.45) is 5.33. The van der Waals surface area contributed by atoms with E-state index < -0.39 is 0 Å². The van der Waals surface area contributed by atoms with Crippen LogP contribution in [-0.4, -0.2) is 0 Å². The average molecular weight is 691 g/mol. The Hall–Kier alpha value is -5.57. The molecule has 0 radical (unpaired) electrons. The molecule has 0 aromatic heterocycles. The van der Waals surface area contributed by atoms with Crippen LogP contribution in [0, 0.1) is 11.8 Å². The molecule has 0 saturated heterocycles. The highest BCUT2D eigenvalue weighted by atomic mass is 35.5. The first-order chi connectivity index (χ1) is 25.7. The Morgan fingerprint density at radius 2 is 0.885 bits per heavy atom. The van der Waals surface area contributed by atoms with Gasteiger partial charge in [0.2, 0.25) is 0 Å². The number of fused-ring (bicyclic) bond motifs is 3. The summed E-state index contributed by atoms with van der Waals surface area (Å²) in [5, 5.41) is 0.687. The van der Waals surface area contributed by atoms with Crippen molar-refractivity contribution < 1.29 is 0 Å². The molecule has 52 heavy (non-hydrogen) atoms. The summed E-state index contributed by atoms with van der Waals surface area (Å²) in [6, 6.07) is 63.4. The maximum atomic E-state index is 7.71. The largest absolute Gasteiger partial charge is 0.309 e. The van der Waals surface area contributed by atoms with Gasteiger partial charge in [0.25, 0.3) is 0 Å². The van der Waals surface area contributed by atoms with Gasteiger partial charge >= 0.3 is 0 Å². The lowest BCUT2D eigenvalue weighted by Gasteiger charge is -2.34. The molecule has 0 heterocycles. The molecule has 0 atom stereocenters. The van der Waals surface area contributed by atoms with Crippen LogP contribution < -0.4 is 9.80 Å². The molecule has 0 N–H and O–H groups in total. The van der Waals surface area contributed by atoms with Crippen LogP contribution in [-0.2, 0) is 5.41 Å². The summed E-state index contributed by atoms with van der Waals surface area (Å²) in [5.41, 5.74) is 14.5. The van der Waals surface area contributed by atoms with E-state index in [4.69, 9.17) is 11.6 Å². The zero-order valence-corrected chi connectivity index (χ0v) is 29.8. The normalized spacial score (nSPS) is 19.4. The topological polar surface area (TPSA) is 6.48 Å². The van der Waals surface area contributed by atoms with Gasteiger partial charge in [-0.15, -0.1) is 0 Å². The summed E-state index contributed by atoms with van der Waals surface area (Å²) in [7, 11) is 0. The first kappa shape index (κ1) is 31.2. The second kappa shape index (κ2) is 12.6. The van der Waals surface area contributed by atoms with E-state index >= 15 is 0 Å². The van der Waals surface area contributed by atoms with E-state index in [0.717, 1.165) is 46.0 Å². The molecule has 3 aliphatic carbocycles. The van der Waals surface area contributed by atoms with E-state index in [1.54, 1.807) is 5.56 Å². The number of nitrogens with zero attached hydrogens (tertiary/aromatic N) is 2. The van der Waals surface area contributed by atoms with Gasteiger partial charge in [-0.2, -0.15) is 0 Å². The number of hydrogen-bond donors (Lipinski definition) is 0. The van der Waals surface area contributed by atoms with Crippen LogP contribution in [0.5, 0.6) is 0 Å². The molecule has 0 aliphatic heterocycles. The highest BCUT2D eigenvalue weighted by Crippen LogP contribution is 2.68. The molecular weight excluding hydrogens is 652 g/mol. The van der Waals surface area contributed by atoms with E-state index in [2.05, 4.69) is 186 Å². The molecule has 3 heteroatoms. The fourth-order valence-corrected chi connectivity index (χ4v) is 10.3. The lowest BCUT2D eigenvalue weighted by Crippen LogP contribution is -2.30. The molecule has 1 spiro atoms. The van der Waals surface area contributed by atoms with E-state index in [1.165, 1.54) is 53.5 Å². The van der Waals surface area contributed by atoms with Crippen LogP contribution in [0.15, 0.2) is 176 Å². The Morgan fingerprint density at radius 1 is 0.404 bits per heavy atom. The van der Waals surface area contributed by atoms with Crippen molar-refractivity contribution in [2.75, 3.05) is 9.80 Å². The van der Waals surface area contributed by atoms with E-state index in [1.807, 2.05) is 0 Å². The Kier molecular flexibility index (Phi) is 7.55. The van der Waals surface area contributed by atoms with Crippen molar-refractivity contribution in [2.45, 2.75) is 31.1 Å². The maximum Gasteiger partial charge on any atom is 0.0887 e. The molecule has 7 aromatic carbocycles. The molecule has 0 amide bonds. The lowest BCUT2D eigenvalue weighted by atomic mass is 9.70. The van der Waals surface area contributed by atoms with Gasteiger partial charge < -0.3 is 9.80 Å². The fraction of sp³-hybridized carbons (Fsp3) is 0.143. The number of anilines is 6. The van der Waals surface area contributed by atoms with Crippen LogP contribution in [0.4, 0.5) is 34.1 Å². The Morgan fingerprint density at radius 3 is 1.54 bits per heavy atom. The van der Waals surface area contributed by atoms with Gasteiger partial charge in [-0.25, -0.2) is 0 Å². The summed E-state index contributed by atoms with van der Waals surface area (Å²) >= 11 is 7.71. The van der Waals surface area contributed by atoms with E-state index in [-0.39, 0.29) is 5.41 Å². The van der Waals surface area contributed by atoms with E-state index in [0.29, 0.717) is 5.02 Å². The van der Waals surface area contributed by atoms with Crippen LogP contribution in [0.25, 0.3) is 22.3 Å². The van der Waals surface area contributed by atoms with Crippen molar-refractivity contribution in [3.8, 4) is 22.3 Å². The molecule has 2 bridgehead atoms. The summed E-state index contributed by atoms with van der Waals surface area (Å²) < 4.78 is 0. The number of halogens is 1. The molecule has 2 saturated carbocycles. The van der Waals surface area contributed by atoms with Crippen molar-refractivity contribution >= 4 is 45.7 Å². The summed E-state index contributed by atoms with van der Waals surface area (Å²) in [4.78, 5) is 4.62. The number of hydrogen-bond acceptors (Lipinski definition) is 2. The second-order valence-electron chi connectivity index (χ2n) is 14.6. The second-order valence-corrected chi connectivity index (χ2v) is 14.9. The first-order valence-electron chi connectivity index (χ1n) is 18.6. The number of rotatable bonds is 7. The minimum absolute atomic E-state index is 0.145. The van der Waals surface area contributed by atoms with Crippen LogP contribution in [0.3, 0.4) is 0 Å². The highest BCUT2D eigenvalue weighted by Gasteiger charge is 2.59. The van der Waals surface area contributed by atoms with Gasteiger partial charge in [0.1, 0.15) is 0 Å². The molecule has 10 rings (SSSR count). The molecule has 2 fully saturated rings. The molecular formula is C49H39ClN2. The summed E-state index contributed by atoms with van der Waals surface area (Å²) in [5.74, 6) is 1.44. The van der Waals surface area contributed by atoms with Gasteiger partial charge in [-0.3, -0.25) is 0 Å². The quantitative estimate of drug-likeness (QED) is 0.164.